The van der Waals surface area contributed by atoms with Crippen molar-refractivity contribution in [2.75, 3.05) is 6.16 Å². The van der Waals surface area contributed by atoms with Crippen molar-refractivity contribution in [1.29, 1.82) is 0 Å². The molecule has 7 heteroatoms. The lowest BCUT2D eigenvalue weighted by atomic mass is 10.1. The van der Waals surface area contributed by atoms with E-state index in [1.165, 1.54) is 0 Å². The summed E-state index contributed by atoms with van der Waals surface area (Å²) in [7, 11) is -2.46. The Bertz CT molecular complexity index is 306. The van der Waals surface area contributed by atoms with E-state index in [0.29, 0.717) is 0 Å². The molecule has 6 nitrogen and oxygen atoms in total. The van der Waals surface area contributed by atoms with Gasteiger partial charge in [0.25, 0.3) is 0 Å². The molecule has 0 rings (SSSR count). The molecule has 0 amide bonds. The largest absolute Gasteiger partial charge is 0.481 e. The summed E-state index contributed by atoms with van der Waals surface area (Å²) in [5.41, 5.74) is -0.591. The minimum Gasteiger partial charge on any atom is -0.481 e. The Hall–Kier alpha value is -0.870. The molecule has 0 saturated carbocycles. The zero-order valence-electron chi connectivity index (χ0n) is 10.2. The van der Waals surface area contributed by atoms with Gasteiger partial charge in [-0.05, 0) is 27.2 Å². The molecule has 0 aromatic carbocycles. The summed E-state index contributed by atoms with van der Waals surface area (Å²) in [6.45, 7) is 5.17. The van der Waals surface area contributed by atoms with Gasteiger partial charge in [-0.15, -0.1) is 0 Å². The van der Waals surface area contributed by atoms with Gasteiger partial charge in [-0.2, -0.15) is 0 Å². The molecule has 0 bridgehead atoms. The summed E-state index contributed by atoms with van der Waals surface area (Å²) < 4.78 is 16.7. The predicted molar refractivity (Wildman–Crippen MR) is 62.7 cm³/mol. The van der Waals surface area contributed by atoms with Crippen LogP contribution in [0.15, 0.2) is 0 Å². The number of rotatable bonds is 7. The van der Waals surface area contributed by atoms with Gasteiger partial charge >= 0.3 is 11.9 Å². The standard InChI is InChI=1S/C10H19O6P/c1-10(2,3)16-17(15)6-7(9(13)14)4-5-8(11)12/h7,17H,4-6H2,1-3H3,(H,11,12)(H,13,14). The van der Waals surface area contributed by atoms with Crippen molar-refractivity contribution in [1.82, 2.24) is 0 Å². The topological polar surface area (TPSA) is 101 Å². The highest BCUT2D eigenvalue weighted by Crippen LogP contribution is 2.33. The molecule has 0 aliphatic rings. The second-order valence-electron chi connectivity index (χ2n) is 4.76. The first kappa shape index (κ1) is 16.1. The second-order valence-corrected chi connectivity index (χ2v) is 6.11. The number of carbonyl (C=O) groups is 2. The molecule has 0 heterocycles. The third-order valence-corrected chi connectivity index (χ3v) is 3.56. The number of hydrogen-bond acceptors (Lipinski definition) is 4. The van der Waals surface area contributed by atoms with E-state index >= 15 is 0 Å². The van der Waals surface area contributed by atoms with E-state index in [1.807, 2.05) is 0 Å². The maximum atomic E-state index is 11.6. The zero-order valence-corrected chi connectivity index (χ0v) is 11.2. The van der Waals surface area contributed by atoms with E-state index in [2.05, 4.69) is 0 Å². The van der Waals surface area contributed by atoms with Crippen LogP contribution in [0, 0.1) is 5.92 Å². The fourth-order valence-corrected chi connectivity index (χ4v) is 2.74. The van der Waals surface area contributed by atoms with Crippen LogP contribution >= 0.6 is 8.03 Å². The summed E-state index contributed by atoms with van der Waals surface area (Å²) in [6.07, 6.45) is -0.402. The van der Waals surface area contributed by atoms with Gasteiger partial charge in [0, 0.05) is 12.6 Å². The molecule has 2 atom stereocenters. The van der Waals surface area contributed by atoms with Gasteiger partial charge in [0.15, 0.2) is 8.03 Å². The maximum absolute atomic E-state index is 11.6. The first-order chi connectivity index (χ1) is 7.61. The first-order valence-corrected chi connectivity index (χ1v) is 6.80. The monoisotopic (exact) mass is 266 g/mol. The lowest BCUT2D eigenvalue weighted by Crippen LogP contribution is -2.20. The van der Waals surface area contributed by atoms with E-state index in [9.17, 15) is 14.2 Å². The highest BCUT2D eigenvalue weighted by molar-refractivity contribution is 7.39. The molecule has 0 radical (unpaired) electrons. The van der Waals surface area contributed by atoms with E-state index in [0.717, 1.165) is 0 Å². The van der Waals surface area contributed by atoms with Crippen LogP contribution in [0.25, 0.3) is 0 Å². The van der Waals surface area contributed by atoms with E-state index in [4.69, 9.17) is 14.7 Å². The lowest BCUT2D eigenvalue weighted by Gasteiger charge is -2.20. The molecule has 0 spiro atoms. The second kappa shape index (κ2) is 6.77. The molecule has 0 aromatic heterocycles. The predicted octanol–water partition coefficient (Wildman–Crippen LogP) is 1.84. The zero-order chi connectivity index (χ0) is 13.6. The van der Waals surface area contributed by atoms with Crippen LogP contribution in [0.4, 0.5) is 0 Å². The Balaban J connectivity index is 4.30. The van der Waals surface area contributed by atoms with Crippen LogP contribution in [-0.2, 0) is 18.7 Å². The minimum atomic E-state index is -2.46. The van der Waals surface area contributed by atoms with Crippen molar-refractivity contribution in [3.05, 3.63) is 0 Å². The first-order valence-electron chi connectivity index (χ1n) is 5.28. The summed E-state index contributed by atoms with van der Waals surface area (Å²) in [6, 6.07) is 0. The van der Waals surface area contributed by atoms with Crippen LogP contribution in [0.3, 0.4) is 0 Å². The molecule has 2 N–H and O–H groups in total. The number of aliphatic carboxylic acids is 2. The molecule has 0 aromatic rings. The number of hydrogen-bond donors (Lipinski definition) is 2. The van der Waals surface area contributed by atoms with Gasteiger partial charge < -0.3 is 14.7 Å². The SMILES string of the molecule is CC(C)(C)O[PH](=O)CC(CCC(=O)O)C(=O)O. The summed E-state index contributed by atoms with van der Waals surface area (Å²) in [5.74, 6) is -3.13. The van der Waals surface area contributed by atoms with Crippen LogP contribution in [0.5, 0.6) is 0 Å². The molecule has 0 aliphatic heterocycles. The highest BCUT2D eigenvalue weighted by atomic mass is 31.1. The van der Waals surface area contributed by atoms with Crippen LogP contribution in [0.1, 0.15) is 33.6 Å². The van der Waals surface area contributed by atoms with Crippen molar-refractivity contribution in [2.24, 2.45) is 5.92 Å². The quantitative estimate of drug-likeness (QED) is 0.682. The van der Waals surface area contributed by atoms with E-state index in [-0.39, 0.29) is 19.0 Å². The average molecular weight is 266 g/mol. The van der Waals surface area contributed by atoms with Crippen molar-refractivity contribution in [3.8, 4) is 0 Å². The van der Waals surface area contributed by atoms with Crippen LogP contribution in [0.2, 0.25) is 0 Å². The van der Waals surface area contributed by atoms with Gasteiger partial charge in [0.1, 0.15) is 0 Å². The van der Waals surface area contributed by atoms with E-state index in [1.54, 1.807) is 20.8 Å². The summed E-state index contributed by atoms with van der Waals surface area (Å²) >= 11 is 0. The molecular formula is C10H19O6P. The van der Waals surface area contributed by atoms with Crippen LogP contribution < -0.4 is 0 Å². The third-order valence-electron chi connectivity index (χ3n) is 1.89. The Morgan fingerprint density at radius 1 is 1.29 bits per heavy atom. The molecular weight excluding hydrogens is 247 g/mol. The van der Waals surface area contributed by atoms with Crippen molar-refractivity contribution < 1.29 is 28.9 Å². The highest BCUT2D eigenvalue weighted by Gasteiger charge is 2.24. The van der Waals surface area contributed by atoms with Crippen molar-refractivity contribution in [3.63, 3.8) is 0 Å². The molecule has 0 aliphatic carbocycles. The molecule has 17 heavy (non-hydrogen) atoms. The summed E-state index contributed by atoms with van der Waals surface area (Å²) in [4.78, 5) is 21.2. The fraction of sp³-hybridized carbons (Fsp3) is 0.800. The van der Waals surface area contributed by atoms with Crippen LogP contribution in [-0.4, -0.2) is 33.9 Å². The van der Waals surface area contributed by atoms with Gasteiger partial charge in [0.05, 0.1) is 11.5 Å². The number of carboxylic acid groups (broad SMARTS) is 2. The average Bonchev–Trinajstić information content (AvgIpc) is 2.08. The van der Waals surface area contributed by atoms with Gasteiger partial charge in [-0.3, -0.25) is 14.2 Å². The van der Waals surface area contributed by atoms with Crippen molar-refractivity contribution in [2.45, 2.75) is 39.2 Å². The normalized spacial score (nSPS) is 15.2. The molecule has 0 fully saturated rings. The lowest BCUT2D eigenvalue weighted by molar-refractivity contribution is -0.142. The Labute approximate surface area is 101 Å². The van der Waals surface area contributed by atoms with Crippen molar-refractivity contribution >= 4 is 20.0 Å². The molecule has 0 saturated heterocycles. The Kier molecular flexibility index (Phi) is 6.42. The molecule has 100 valence electrons. The fourth-order valence-electron chi connectivity index (χ4n) is 1.19. The third kappa shape index (κ3) is 8.89. The smallest absolute Gasteiger partial charge is 0.307 e. The van der Waals surface area contributed by atoms with Gasteiger partial charge in [-0.25, -0.2) is 0 Å². The molecule has 2 unspecified atom stereocenters. The Morgan fingerprint density at radius 2 is 1.82 bits per heavy atom. The Morgan fingerprint density at radius 3 is 2.18 bits per heavy atom. The maximum Gasteiger partial charge on any atom is 0.307 e. The number of carboxylic acids is 2. The summed E-state index contributed by atoms with van der Waals surface area (Å²) in [5, 5.41) is 17.3. The van der Waals surface area contributed by atoms with Gasteiger partial charge in [-0.1, -0.05) is 0 Å². The van der Waals surface area contributed by atoms with E-state index < -0.39 is 31.5 Å². The van der Waals surface area contributed by atoms with Gasteiger partial charge in [0.2, 0.25) is 0 Å². The minimum absolute atomic E-state index is 0.0332.